The van der Waals surface area contributed by atoms with Crippen LogP contribution in [-0.2, 0) is 7.05 Å². The van der Waals surface area contributed by atoms with Crippen LogP contribution in [0.25, 0.3) is 11.3 Å². The minimum absolute atomic E-state index is 0.0363. The van der Waals surface area contributed by atoms with Crippen LogP contribution in [0.15, 0.2) is 6.20 Å². The number of anilines is 2. The van der Waals surface area contributed by atoms with E-state index in [0.29, 0.717) is 17.1 Å². The number of nitrogen functional groups attached to an aromatic ring is 1. The van der Waals surface area contributed by atoms with Crippen LogP contribution in [0.3, 0.4) is 0 Å². The lowest BCUT2D eigenvalue weighted by molar-refractivity contribution is 0.625. The maximum atomic E-state index is 9.26. The fourth-order valence-electron chi connectivity index (χ4n) is 2.46. The summed E-state index contributed by atoms with van der Waals surface area (Å²) in [5.41, 5.74) is 9.46. The van der Waals surface area contributed by atoms with Gasteiger partial charge in [0.05, 0.1) is 22.9 Å². The number of nitrogens with two attached hydrogens (primary N) is 1. The van der Waals surface area contributed by atoms with Crippen molar-refractivity contribution in [3.05, 3.63) is 17.5 Å². The molecule has 2 aromatic heterocycles. The molecule has 96 valence electrons. The number of nitrogens with zero attached hydrogens (tertiary/aromatic N) is 6. The standard InChI is InChI=1S/C12H13N7/c1-6-9-10(17-19(3)16-9)8-7(4-13)5-15-12(14)11(8)18(6)2/h5-6H,1-3H3,(H2,14,15). The molecular formula is C12H13N7. The molecule has 0 saturated carbocycles. The highest BCUT2D eigenvalue weighted by Gasteiger charge is 2.33. The average Bonchev–Trinajstić information content (AvgIpc) is 2.77. The number of pyridine rings is 1. The summed E-state index contributed by atoms with van der Waals surface area (Å²) in [6, 6.07) is 2.18. The van der Waals surface area contributed by atoms with Crippen molar-refractivity contribution in [2.75, 3.05) is 17.7 Å². The first-order valence-electron chi connectivity index (χ1n) is 5.87. The van der Waals surface area contributed by atoms with E-state index in [9.17, 15) is 5.26 Å². The van der Waals surface area contributed by atoms with Gasteiger partial charge >= 0.3 is 0 Å². The molecule has 0 amide bonds. The van der Waals surface area contributed by atoms with E-state index in [-0.39, 0.29) is 6.04 Å². The van der Waals surface area contributed by atoms with Crippen LogP contribution < -0.4 is 10.6 Å². The molecule has 2 N–H and O–H groups in total. The fourth-order valence-corrected chi connectivity index (χ4v) is 2.46. The van der Waals surface area contributed by atoms with E-state index in [1.165, 1.54) is 11.0 Å². The van der Waals surface area contributed by atoms with Crippen molar-refractivity contribution in [1.29, 1.82) is 5.26 Å². The van der Waals surface area contributed by atoms with Gasteiger partial charge in [0.2, 0.25) is 0 Å². The summed E-state index contributed by atoms with van der Waals surface area (Å²) in [4.78, 5) is 7.58. The van der Waals surface area contributed by atoms with Gasteiger partial charge in [-0.1, -0.05) is 0 Å². The van der Waals surface area contributed by atoms with E-state index in [1.807, 2.05) is 18.9 Å². The van der Waals surface area contributed by atoms with Gasteiger partial charge in [0.25, 0.3) is 0 Å². The lowest BCUT2D eigenvalue weighted by Gasteiger charge is -2.32. The van der Waals surface area contributed by atoms with Crippen LogP contribution in [0.4, 0.5) is 11.5 Å². The Morgan fingerprint density at radius 1 is 1.37 bits per heavy atom. The molecule has 0 aromatic carbocycles. The Kier molecular flexibility index (Phi) is 2.22. The lowest BCUT2D eigenvalue weighted by atomic mass is 9.95. The summed E-state index contributed by atoms with van der Waals surface area (Å²) >= 11 is 0. The molecule has 7 nitrogen and oxygen atoms in total. The molecule has 3 rings (SSSR count). The van der Waals surface area contributed by atoms with Gasteiger partial charge in [-0.05, 0) is 6.92 Å². The Morgan fingerprint density at radius 3 is 2.79 bits per heavy atom. The van der Waals surface area contributed by atoms with Crippen molar-refractivity contribution in [1.82, 2.24) is 20.0 Å². The highest BCUT2D eigenvalue weighted by molar-refractivity contribution is 5.90. The van der Waals surface area contributed by atoms with E-state index in [4.69, 9.17) is 5.73 Å². The zero-order valence-corrected chi connectivity index (χ0v) is 10.9. The average molecular weight is 255 g/mol. The van der Waals surface area contributed by atoms with Gasteiger partial charge in [-0.2, -0.15) is 20.3 Å². The predicted octanol–water partition coefficient (Wildman–Crippen LogP) is 0.842. The number of aromatic nitrogens is 4. The number of nitriles is 1. The first kappa shape index (κ1) is 11.5. The Morgan fingerprint density at radius 2 is 2.11 bits per heavy atom. The maximum Gasteiger partial charge on any atom is 0.147 e. The number of hydrogen-bond acceptors (Lipinski definition) is 6. The normalized spacial score (nSPS) is 16.7. The number of fused-ring (bicyclic) bond motifs is 3. The second kappa shape index (κ2) is 3.68. The first-order chi connectivity index (χ1) is 9.04. The molecule has 0 saturated heterocycles. The van der Waals surface area contributed by atoms with Gasteiger partial charge in [-0.25, -0.2) is 4.98 Å². The van der Waals surface area contributed by atoms with Crippen molar-refractivity contribution < 1.29 is 0 Å². The van der Waals surface area contributed by atoms with Gasteiger partial charge in [0, 0.05) is 20.3 Å². The molecule has 3 heterocycles. The van der Waals surface area contributed by atoms with Crippen LogP contribution in [-0.4, -0.2) is 27.0 Å². The van der Waals surface area contributed by atoms with Crippen LogP contribution >= 0.6 is 0 Å². The van der Waals surface area contributed by atoms with Crippen molar-refractivity contribution in [2.24, 2.45) is 7.05 Å². The monoisotopic (exact) mass is 255 g/mol. The zero-order valence-electron chi connectivity index (χ0n) is 10.9. The molecule has 0 aliphatic carbocycles. The molecule has 1 unspecified atom stereocenters. The SMILES string of the molecule is CC1c2nn(C)nc2-c2c(C#N)cnc(N)c2N1C. The molecule has 0 bridgehead atoms. The van der Waals surface area contributed by atoms with Crippen molar-refractivity contribution in [2.45, 2.75) is 13.0 Å². The highest BCUT2D eigenvalue weighted by atomic mass is 15.5. The summed E-state index contributed by atoms with van der Waals surface area (Å²) in [6.07, 6.45) is 1.48. The van der Waals surface area contributed by atoms with Gasteiger partial charge in [-0.15, -0.1) is 0 Å². The van der Waals surface area contributed by atoms with E-state index in [1.54, 1.807) is 7.05 Å². The molecule has 1 aliphatic heterocycles. The molecule has 7 heteroatoms. The Hall–Kier alpha value is -2.62. The minimum Gasteiger partial charge on any atom is -0.382 e. The summed E-state index contributed by atoms with van der Waals surface area (Å²) in [5, 5.41) is 18.0. The molecule has 1 atom stereocenters. The fraction of sp³-hybridized carbons (Fsp3) is 0.333. The Bertz CT molecular complexity index is 710. The third-order valence-electron chi connectivity index (χ3n) is 3.51. The summed E-state index contributed by atoms with van der Waals surface area (Å²) in [5.74, 6) is 0.402. The van der Waals surface area contributed by atoms with E-state index >= 15 is 0 Å². The van der Waals surface area contributed by atoms with E-state index < -0.39 is 0 Å². The van der Waals surface area contributed by atoms with Gasteiger partial charge < -0.3 is 10.6 Å². The highest BCUT2D eigenvalue weighted by Crippen LogP contribution is 2.45. The third kappa shape index (κ3) is 1.40. The van der Waals surface area contributed by atoms with Crippen molar-refractivity contribution >= 4 is 11.5 Å². The second-order valence-electron chi connectivity index (χ2n) is 4.60. The van der Waals surface area contributed by atoms with Crippen molar-refractivity contribution in [3.8, 4) is 17.3 Å². The molecular weight excluding hydrogens is 242 g/mol. The quantitative estimate of drug-likeness (QED) is 0.749. The smallest absolute Gasteiger partial charge is 0.147 e. The third-order valence-corrected chi connectivity index (χ3v) is 3.51. The van der Waals surface area contributed by atoms with E-state index in [0.717, 1.165) is 16.9 Å². The topological polar surface area (TPSA) is 96.6 Å². The molecule has 0 spiro atoms. The number of aryl methyl sites for hydroxylation is 1. The molecule has 2 aromatic rings. The Balaban J connectivity index is 2.43. The summed E-state index contributed by atoms with van der Waals surface area (Å²) in [6.45, 7) is 2.02. The van der Waals surface area contributed by atoms with Crippen molar-refractivity contribution in [3.63, 3.8) is 0 Å². The lowest BCUT2D eigenvalue weighted by Crippen LogP contribution is -2.28. The molecule has 19 heavy (non-hydrogen) atoms. The zero-order chi connectivity index (χ0) is 13.7. The second-order valence-corrected chi connectivity index (χ2v) is 4.60. The van der Waals surface area contributed by atoms with Gasteiger partial charge in [0.15, 0.2) is 0 Å². The largest absolute Gasteiger partial charge is 0.382 e. The minimum atomic E-state index is 0.0363. The molecule has 0 fully saturated rings. The van der Waals surface area contributed by atoms with Crippen LogP contribution in [0.2, 0.25) is 0 Å². The van der Waals surface area contributed by atoms with Crippen LogP contribution in [0.1, 0.15) is 24.2 Å². The predicted molar refractivity (Wildman–Crippen MR) is 70.2 cm³/mol. The summed E-state index contributed by atoms with van der Waals surface area (Å²) in [7, 11) is 3.68. The Labute approximate surface area is 110 Å². The molecule has 0 radical (unpaired) electrons. The molecule has 1 aliphatic rings. The first-order valence-corrected chi connectivity index (χ1v) is 5.87. The van der Waals surface area contributed by atoms with E-state index in [2.05, 4.69) is 21.3 Å². The van der Waals surface area contributed by atoms with Crippen LogP contribution in [0, 0.1) is 11.3 Å². The number of rotatable bonds is 0. The van der Waals surface area contributed by atoms with Gasteiger partial charge in [0.1, 0.15) is 23.3 Å². The van der Waals surface area contributed by atoms with Gasteiger partial charge in [-0.3, -0.25) is 0 Å². The van der Waals surface area contributed by atoms with Crippen LogP contribution in [0.5, 0.6) is 0 Å². The summed E-state index contributed by atoms with van der Waals surface area (Å²) < 4.78 is 0. The maximum absolute atomic E-state index is 9.26. The number of hydrogen-bond donors (Lipinski definition) is 1.